The topological polar surface area (TPSA) is 86.8 Å². The Bertz CT molecular complexity index is 1800. The summed E-state index contributed by atoms with van der Waals surface area (Å²) in [5.41, 5.74) is 2.14. The van der Waals surface area contributed by atoms with Crippen molar-refractivity contribution in [3.05, 3.63) is 129 Å². The Morgan fingerprint density at radius 2 is 1.47 bits per heavy atom. The highest BCUT2D eigenvalue weighted by Gasteiger charge is 2.36. The molecule has 0 unspecified atom stereocenters. The predicted octanol–water partition coefficient (Wildman–Crippen LogP) is 7.85. The average molecular weight is 713 g/mol. The molecule has 0 aromatic heterocycles. The maximum atomic E-state index is 14.7. The molecular formula is C36H36Cl3N3O4S. The van der Waals surface area contributed by atoms with E-state index in [4.69, 9.17) is 34.8 Å². The zero-order valence-electron chi connectivity index (χ0n) is 25.9. The van der Waals surface area contributed by atoms with E-state index < -0.39 is 28.5 Å². The molecule has 11 heteroatoms. The number of carbonyl (C=O) groups excluding carboxylic acids is 2. The van der Waals surface area contributed by atoms with E-state index in [2.05, 4.69) is 5.32 Å². The monoisotopic (exact) mass is 711 g/mol. The van der Waals surface area contributed by atoms with Crippen molar-refractivity contribution in [1.82, 2.24) is 10.2 Å². The van der Waals surface area contributed by atoms with E-state index >= 15 is 0 Å². The van der Waals surface area contributed by atoms with Gasteiger partial charge in [0.2, 0.25) is 11.8 Å². The number of halogens is 3. The number of rotatable bonds is 12. The molecule has 4 aromatic carbocycles. The quantitative estimate of drug-likeness (QED) is 0.162. The molecule has 0 saturated heterocycles. The van der Waals surface area contributed by atoms with E-state index in [1.807, 2.05) is 30.3 Å². The fourth-order valence-electron chi connectivity index (χ4n) is 5.91. The fraction of sp³-hybridized carbons (Fsp3) is 0.278. The average Bonchev–Trinajstić information content (AvgIpc) is 3.57. The molecule has 0 bridgehead atoms. The van der Waals surface area contributed by atoms with Crippen LogP contribution in [0.15, 0.2) is 102 Å². The van der Waals surface area contributed by atoms with E-state index in [1.165, 1.54) is 17.0 Å². The van der Waals surface area contributed by atoms with Crippen LogP contribution in [0.2, 0.25) is 15.1 Å². The summed E-state index contributed by atoms with van der Waals surface area (Å²) in [6.07, 6.45) is 3.93. The molecule has 1 atom stereocenters. The standard InChI is InChI=1S/C36H36Cl3N3O4S/c1-25-21-27(37)19-20-33(25)42(47(45,46)29-15-6-3-7-16-29)24-35(43)41(23-30-31(38)17-10-18-32(30)39)34(22-26-11-4-2-5-12-26)36(44)40-28-13-8-9-14-28/h2-7,10-12,15-21,28,34H,8-9,13-14,22-24H2,1H3,(H,40,44)/t34-/m0/s1. The molecule has 1 saturated carbocycles. The highest BCUT2D eigenvalue weighted by Crippen LogP contribution is 2.31. The molecule has 2 amide bonds. The molecule has 1 aliphatic carbocycles. The van der Waals surface area contributed by atoms with Gasteiger partial charge in [-0.05, 0) is 73.4 Å². The number of anilines is 1. The van der Waals surface area contributed by atoms with Crippen LogP contribution < -0.4 is 9.62 Å². The normalized spacial score (nSPS) is 14.0. The largest absolute Gasteiger partial charge is 0.352 e. The highest BCUT2D eigenvalue weighted by atomic mass is 35.5. The maximum Gasteiger partial charge on any atom is 0.264 e. The van der Waals surface area contributed by atoms with E-state index in [0.717, 1.165) is 35.6 Å². The maximum absolute atomic E-state index is 14.7. The number of nitrogens with zero attached hydrogens (tertiary/aromatic N) is 2. The third-order valence-corrected chi connectivity index (χ3v) is 11.1. The van der Waals surface area contributed by atoms with Crippen LogP contribution in [0.5, 0.6) is 0 Å². The summed E-state index contributed by atoms with van der Waals surface area (Å²) < 4.78 is 29.5. The van der Waals surface area contributed by atoms with Crippen LogP contribution >= 0.6 is 34.8 Å². The first-order chi connectivity index (χ1) is 22.5. The van der Waals surface area contributed by atoms with Crippen LogP contribution in [0, 0.1) is 6.92 Å². The number of hydrogen-bond acceptors (Lipinski definition) is 4. The Morgan fingerprint density at radius 3 is 2.09 bits per heavy atom. The molecule has 1 aliphatic rings. The lowest BCUT2D eigenvalue weighted by atomic mass is 10.0. The first-order valence-corrected chi connectivity index (χ1v) is 18.0. The highest BCUT2D eigenvalue weighted by molar-refractivity contribution is 7.92. The molecule has 0 spiro atoms. The summed E-state index contributed by atoms with van der Waals surface area (Å²) in [7, 11) is -4.24. The van der Waals surface area contributed by atoms with Gasteiger partial charge in [-0.2, -0.15) is 0 Å². The van der Waals surface area contributed by atoms with Gasteiger partial charge < -0.3 is 10.2 Å². The Morgan fingerprint density at radius 1 is 0.851 bits per heavy atom. The van der Waals surface area contributed by atoms with E-state index in [0.29, 0.717) is 26.2 Å². The first-order valence-electron chi connectivity index (χ1n) is 15.4. The molecule has 0 radical (unpaired) electrons. The minimum absolute atomic E-state index is 0.00620. The van der Waals surface area contributed by atoms with Gasteiger partial charge in [-0.1, -0.05) is 102 Å². The van der Waals surface area contributed by atoms with Crippen LogP contribution in [-0.4, -0.2) is 43.8 Å². The molecule has 7 nitrogen and oxygen atoms in total. The Balaban J connectivity index is 1.61. The minimum atomic E-state index is -4.24. The fourth-order valence-corrected chi connectivity index (χ4v) is 8.15. The van der Waals surface area contributed by atoms with Crippen molar-refractivity contribution in [2.75, 3.05) is 10.8 Å². The smallest absolute Gasteiger partial charge is 0.264 e. The molecular weight excluding hydrogens is 677 g/mol. The van der Waals surface area contributed by atoms with Gasteiger partial charge in [0.15, 0.2) is 0 Å². The summed E-state index contributed by atoms with van der Waals surface area (Å²) in [6.45, 7) is 1.02. The van der Waals surface area contributed by atoms with Crippen molar-refractivity contribution in [3.63, 3.8) is 0 Å². The second-order valence-corrected chi connectivity index (χ2v) is 14.8. The SMILES string of the molecule is Cc1cc(Cl)ccc1N(CC(=O)N(Cc1c(Cl)cccc1Cl)[C@@H](Cc1ccccc1)C(=O)NC1CCCC1)S(=O)(=O)c1ccccc1. The van der Waals surface area contributed by atoms with Gasteiger partial charge in [-0.3, -0.25) is 13.9 Å². The number of aryl methyl sites for hydroxylation is 1. The van der Waals surface area contributed by atoms with Gasteiger partial charge in [0.05, 0.1) is 10.6 Å². The second-order valence-electron chi connectivity index (χ2n) is 11.7. The first kappa shape index (κ1) is 34.8. The molecule has 1 fully saturated rings. The van der Waals surface area contributed by atoms with E-state index in [1.54, 1.807) is 61.5 Å². The summed E-state index contributed by atoms with van der Waals surface area (Å²) in [6, 6.07) is 26.2. The molecule has 5 rings (SSSR count). The van der Waals surface area contributed by atoms with Gasteiger partial charge >= 0.3 is 0 Å². The van der Waals surface area contributed by atoms with Crippen molar-refractivity contribution in [1.29, 1.82) is 0 Å². The van der Waals surface area contributed by atoms with Crippen LogP contribution in [-0.2, 0) is 32.6 Å². The van der Waals surface area contributed by atoms with Crippen LogP contribution in [0.4, 0.5) is 5.69 Å². The number of nitrogens with one attached hydrogen (secondary N) is 1. The van der Waals surface area contributed by atoms with Crippen LogP contribution in [0.25, 0.3) is 0 Å². The van der Waals surface area contributed by atoms with Gasteiger partial charge in [0.25, 0.3) is 10.0 Å². The summed E-state index contributed by atoms with van der Waals surface area (Å²) in [5, 5.41) is 4.24. The van der Waals surface area contributed by atoms with Crippen molar-refractivity contribution < 1.29 is 18.0 Å². The third kappa shape index (κ3) is 8.49. The molecule has 4 aromatic rings. The number of hydrogen-bond donors (Lipinski definition) is 1. The molecule has 1 N–H and O–H groups in total. The van der Waals surface area contributed by atoms with Crippen LogP contribution in [0.3, 0.4) is 0 Å². The predicted molar refractivity (Wildman–Crippen MR) is 189 cm³/mol. The number of carbonyl (C=O) groups is 2. The Kier molecular flexibility index (Phi) is 11.5. The lowest BCUT2D eigenvalue weighted by Gasteiger charge is -2.35. The number of benzene rings is 4. The van der Waals surface area contributed by atoms with Gasteiger partial charge in [-0.25, -0.2) is 8.42 Å². The zero-order valence-corrected chi connectivity index (χ0v) is 29.0. The van der Waals surface area contributed by atoms with Crippen molar-refractivity contribution in [3.8, 4) is 0 Å². The lowest BCUT2D eigenvalue weighted by molar-refractivity contribution is -0.140. The van der Waals surface area contributed by atoms with E-state index in [9.17, 15) is 18.0 Å². The van der Waals surface area contributed by atoms with Gasteiger partial charge in [0.1, 0.15) is 12.6 Å². The Hall–Kier alpha value is -3.56. The second kappa shape index (κ2) is 15.6. The zero-order chi connectivity index (χ0) is 33.6. The lowest BCUT2D eigenvalue weighted by Crippen LogP contribution is -2.54. The van der Waals surface area contributed by atoms with Gasteiger partial charge in [0, 0.05) is 39.6 Å². The molecule has 0 heterocycles. The number of amides is 2. The molecule has 0 aliphatic heterocycles. The van der Waals surface area contributed by atoms with Crippen molar-refractivity contribution >= 4 is 62.3 Å². The summed E-state index contributed by atoms with van der Waals surface area (Å²) in [5.74, 6) is -0.922. The minimum Gasteiger partial charge on any atom is -0.352 e. The molecule has 246 valence electrons. The van der Waals surface area contributed by atoms with E-state index in [-0.39, 0.29) is 35.5 Å². The molecule has 47 heavy (non-hydrogen) atoms. The van der Waals surface area contributed by atoms with Crippen LogP contribution in [0.1, 0.15) is 42.4 Å². The van der Waals surface area contributed by atoms with Crippen molar-refractivity contribution in [2.45, 2.75) is 62.6 Å². The Labute approximate surface area is 291 Å². The summed E-state index contributed by atoms with van der Waals surface area (Å²) in [4.78, 5) is 30.3. The summed E-state index contributed by atoms with van der Waals surface area (Å²) >= 11 is 19.5. The third-order valence-electron chi connectivity index (χ3n) is 8.40. The number of sulfonamides is 1. The van der Waals surface area contributed by atoms with Gasteiger partial charge in [-0.15, -0.1) is 0 Å². The van der Waals surface area contributed by atoms with Crippen molar-refractivity contribution in [2.24, 2.45) is 0 Å².